The van der Waals surface area contributed by atoms with E-state index in [2.05, 4.69) is 10.3 Å². The molecule has 124 valence electrons. The van der Waals surface area contributed by atoms with Crippen LogP contribution in [0.4, 0.5) is 5.69 Å². The lowest BCUT2D eigenvalue weighted by molar-refractivity contribution is -0.129. The molecule has 6 heteroatoms. The van der Waals surface area contributed by atoms with E-state index >= 15 is 0 Å². The van der Waals surface area contributed by atoms with Crippen LogP contribution in [0.2, 0.25) is 0 Å². The van der Waals surface area contributed by atoms with Crippen LogP contribution in [0.15, 0.2) is 36.7 Å². The third kappa shape index (κ3) is 2.82. The van der Waals surface area contributed by atoms with E-state index < -0.39 is 5.60 Å². The van der Waals surface area contributed by atoms with Crippen LogP contribution < -0.4 is 10.1 Å². The van der Waals surface area contributed by atoms with Crippen LogP contribution in [0.1, 0.15) is 24.2 Å². The van der Waals surface area contributed by atoms with Crippen molar-refractivity contribution in [2.75, 3.05) is 19.4 Å². The number of pyridine rings is 1. The molecule has 2 heterocycles. The van der Waals surface area contributed by atoms with Crippen LogP contribution in [0.3, 0.4) is 0 Å². The molecular formula is C18H19N3O3. The summed E-state index contributed by atoms with van der Waals surface area (Å²) in [6, 6.07) is 7.29. The van der Waals surface area contributed by atoms with Gasteiger partial charge in [0.25, 0.3) is 11.8 Å². The Morgan fingerprint density at radius 1 is 1.17 bits per heavy atom. The number of ether oxygens (including phenoxy) is 1. The Labute approximate surface area is 140 Å². The molecule has 3 rings (SSSR count). The largest absolute Gasteiger partial charge is 0.476 e. The molecule has 1 N–H and O–H groups in total. The lowest BCUT2D eigenvalue weighted by Gasteiger charge is -2.31. The molecule has 0 spiro atoms. The van der Waals surface area contributed by atoms with E-state index in [1.54, 1.807) is 52.5 Å². The molecule has 0 fully saturated rings. The van der Waals surface area contributed by atoms with Gasteiger partial charge in [0.05, 0.1) is 11.3 Å². The van der Waals surface area contributed by atoms with Crippen molar-refractivity contribution in [3.63, 3.8) is 0 Å². The van der Waals surface area contributed by atoms with Crippen molar-refractivity contribution in [1.29, 1.82) is 0 Å². The minimum absolute atomic E-state index is 0.105. The number of fused-ring (bicyclic) bond motifs is 1. The molecule has 2 aromatic rings. The Morgan fingerprint density at radius 2 is 1.92 bits per heavy atom. The molecule has 0 bridgehead atoms. The van der Waals surface area contributed by atoms with Gasteiger partial charge in [-0.2, -0.15) is 0 Å². The van der Waals surface area contributed by atoms with Crippen molar-refractivity contribution >= 4 is 17.5 Å². The van der Waals surface area contributed by atoms with Gasteiger partial charge in [0.15, 0.2) is 5.60 Å². The number of nitrogens with one attached hydrogen (secondary N) is 1. The second-order valence-corrected chi connectivity index (χ2v) is 6.44. The quantitative estimate of drug-likeness (QED) is 0.921. The number of amides is 2. The number of rotatable bonds is 2. The summed E-state index contributed by atoms with van der Waals surface area (Å²) in [5.74, 6) is 0.316. The Balaban J connectivity index is 1.99. The lowest BCUT2D eigenvalue weighted by atomic mass is 10.0. The third-order valence-electron chi connectivity index (χ3n) is 3.87. The third-order valence-corrected chi connectivity index (χ3v) is 3.87. The predicted molar refractivity (Wildman–Crippen MR) is 91.0 cm³/mol. The monoisotopic (exact) mass is 325 g/mol. The predicted octanol–water partition coefficient (Wildman–Crippen LogP) is 2.56. The normalized spacial score (nSPS) is 15.1. The fraction of sp³-hybridized carbons (Fsp3) is 0.278. The second kappa shape index (κ2) is 5.63. The number of benzene rings is 1. The highest BCUT2D eigenvalue weighted by molar-refractivity contribution is 6.00. The molecule has 0 atom stereocenters. The molecule has 1 aromatic heterocycles. The number of hydrogen-bond donors (Lipinski definition) is 1. The van der Waals surface area contributed by atoms with Gasteiger partial charge in [0.1, 0.15) is 5.75 Å². The molecule has 0 saturated carbocycles. The van der Waals surface area contributed by atoms with E-state index in [4.69, 9.17) is 4.74 Å². The van der Waals surface area contributed by atoms with Gasteiger partial charge in [0.2, 0.25) is 0 Å². The Bertz CT molecular complexity index is 828. The average molecular weight is 325 g/mol. The molecular weight excluding hydrogens is 306 g/mol. The maximum atomic E-state index is 12.1. The van der Waals surface area contributed by atoms with E-state index in [0.717, 1.165) is 11.1 Å². The van der Waals surface area contributed by atoms with Crippen LogP contribution in [0.25, 0.3) is 11.1 Å². The Kier molecular flexibility index (Phi) is 3.75. The highest BCUT2D eigenvalue weighted by atomic mass is 16.5. The maximum absolute atomic E-state index is 12.1. The first-order valence-electron chi connectivity index (χ1n) is 7.59. The number of anilines is 1. The number of nitrogens with zero attached hydrogens (tertiary/aromatic N) is 2. The summed E-state index contributed by atoms with van der Waals surface area (Å²) in [5.41, 5.74) is 1.90. The van der Waals surface area contributed by atoms with Crippen molar-refractivity contribution in [3.05, 3.63) is 42.2 Å². The first-order valence-corrected chi connectivity index (χ1v) is 7.59. The Hall–Kier alpha value is -2.89. The van der Waals surface area contributed by atoms with Gasteiger partial charge in [-0.25, -0.2) is 0 Å². The molecule has 1 aliphatic heterocycles. The van der Waals surface area contributed by atoms with Crippen LogP contribution in [-0.2, 0) is 4.79 Å². The van der Waals surface area contributed by atoms with Gasteiger partial charge in [-0.15, -0.1) is 0 Å². The molecule has 24 heavy (non-hydrogen) atoms. The van der Waals surface area contributed by atoms with Gasteiger partial charge in [-0.3, -0.25) is 14.6 Å². The average Bonchev–Trinajstić information content (AvgIpc) is 2.54. The SMILES string of the molecule is CN(C)C(=O)c1cncc(-c2ccc3c(c2)OC(C)(C)C(=O)N3)c1. The van der Waals surface area contributed by atoms with E-state index in [0.29, 0.717) is 17.0 Å². The number of carbonyl (C=O) groups is 2. The summed E-state index contributed by atoms with van der Waals surface area (Å²) in [6.07, 6.45) is 3.24. The van der Waals surface area contributed by atoms with E-state index in [1.165, 1.54) is 4.90 Å². The lowest BCUT2D eigenvalue weighted by Crippen LogP contribution is -2.45. The van der Waals surface area contributed by atoms with Crippen molar-refractivity contribution in [3.8, 4) is 16.9 Å². The highest BCUT2D eigenvalue weighted by Crippen LogP contribution is 2.36. The topological polar surface area (TPSA) is 71.5 Å². The zero-order valence-electron chi connectivity index (χ0n) is 14.1. The van der Waals surface area contributed by atoms with Crippen LogP contribution in [-0.4, -0.2) is 41.4 Å². The second-order valence-electron chi connectivity index (χ2n) is 6.44. The van der Waals surface area contributed by atoms with Crippen LogP contribution in [0.5, 0.6) is 5.75 Å². The zero-order valence-corrected chi connectivity index (χ0v) is 14.1. The summed E-state index contributed by atoms with van der Waals surface area (Å²) in [7, 11) is 3.40. The molecule has 2 amide bonds. The Morgan fingerprint density at radius 3 is 2.62 bits per heavy atom. The number of hydrogen-bond acceptors (Lipinski definition) is 4. The summed E-state index contributed by atoms with van der Waals surface area (Å²) in [6.45, 7) is 3.44. The molecule has 6 nitrogen and oxygen atoms in total. The van der Waals surface area contributed by atoms with E-state index in [1.807, 2.05) is 12.1 Å². The van der Waals surface area contributed by atoms with Crippen molar-refractivity contribution in [1.82, 2.24) is 9.88 Å². The molecule has 0 unspecified atom stereocenters. The fourth-order valence-electron chi connectivity index (χ4n) is 2.46. The minimum Gasteiger partial charge on any atom is -0.476 e. The van der Waals surface area contributed by atoms with Gasteiger partial charge in [-0.05, 0) is 37.6 Å². The van der Waals surface area contributed by atoms with Crippen LogP contribution in [0, 0.1) is 0 Å². The molecule has 0 saturated heterocycles. The first-order chi connectivity index (χ1) is 11.3. The molecule has 0 radical (unpaired) electrons. The summed E-state index contributed by atoms with van der Waals surface area (Å²) < 4.78 is 5.80. The van der Waals surface area contributed by atoms with Crippen LogP contribution >= 0.6 is 0 Å². The fourth-order valence-corrected chi connectivity index (χ4v) is 2.46. The van der Waals surface area contributed by atoms with Crippen molar-refractivity contribution < 1.29 is 14.3 Å². The number of aromatic nitrogens is 1. The minimum atomic E-state index is -0.924. The van der Waals surface area contributed by atoms with Gasteiger partial charge >= 0.3 is 0 Å². The molecule has 0 aliphatic carbocycles. The molecule has 1 aliphatic rings. The van der Waals surface area contributed by atoms with E-state index in [-0.39, 0.29) is 11.8 Å². The van der Waals surface area contributed by atoms with Gasteiger partial charge < -0.3 is 15.0 Å². The summed E-state index contributed by atoms with van der Waals surface area (Å²) in [4.78, 5) is 29.7. The highest BCUT2D eigenvalue weighted by Gasteiger charge is 2.35. The smallest absolute Gasteiger partial charge is 0.268 e. The zero-order chi connectivity index (χ0) is 17.5. The molecule has 1 aromatic carbocycles. The van der Waals surface area contributed by atoms with Gasteiger partial charge in [0, 0.05) is 32.1 Å². The summed E-state index contributed by atoms with van der Waals surface area (Å²) in [5, 5.41) is 2.83. The maximum Gasteiger partial charge on any atom is 0.268 e. The standard InChI is InChI=1S/C18H19N3O3/c1-18(2)17(23)20-14-6-5-11(8-15(14)24-18)12-7-13(10-19-9-12)16(22)21(3)4/h5-10H,1-4H3,(H,20,23). The number of carbonyl (C=O) groups excluding carboxylic acids is 2. The van der Waals surface area contributed by atoms with E-state index in [9.17, 15) is 9.59 Å². The first kappa shape index (κ1) is 16.0. The van der Waals surface area contributed by atoms with Crippen molar-refractivity contribution in [2.45, 2.75) is 19.4 Å². The summed E-state index contributed by atoms with van der Waals surface area (Å²) >= 11 is 0. The van der Waals surface area contributed by atoms with Gasteiger partial charge in [-0.1, -0.05) is 6.07 Å². The van der Waals surface area contributed by atoms with Crippen molar-refractivity contribution in [2.24, 2.45) is 0 Å².